The summed E-state index contributed by atoms with van der Waals surface area (Å²) >= 11 is 1.57. The molecule has 1 aliphatic heterocycles. The molecule has 9 N–H and O–H groups in total. The van der Waals surface area contributed by atoms with Gasteiger partial charge in [-0.1, -0.05) is 63.9 Å². The van der Waals surface area contributed by atoms with Crippen LogP contribution < -0.4 is 32.7 Å². The van der Waals surface area contributed by atoms with E-state index in [2.05, 4.69) is 46.0 Å². The van der Waals surface area contributed by atoms with Gasteiger partial charge in [-0.25, -0.2) is 4.98 Å². The predicted molar refractivity (Wildman–Crippen MR) is 266 cm³/mol. The number of carbonyl (C=O) groups excluding carboxylic acids is 4. The Morgan fingerprint density at radius 1 is 0.943 bits per heavy atom. The number of aliphatic hydroxyl groups excluding tert-OH is 1. The minimum absolute atomic E-state index is 0.00857. The normalized spacial score (nSPS) is 18.7. The number of aromatic nitrogens is 5. The molecular formula is C49H66N12O8S. The van der Waals surface area contributed by atoms with Gasteiger partial charge in [-0.2, -0.15) is 4.98 Å². The molecule has 5 aromatic rings. The van der Waals surface area contributed by atoms with Crippen molar-refractivity contribution in [1.29, 1.82) is 0 Å². The predicted octanol–water partition coefficient (Wildman–Crippen LogP) is 4.03. The van der Waals surface area contributed by atoms with Gasteiger partial charge >= 0.3 is 0 Å². The van der Waals surface area contributed by atoms with Gasteiger partial charge in [0.25, 0.3) is 5.91 Å². The molecule has 376 valence electrons. The first-order valence-corrected chi connectivity index (χ1v) is 24.7. The fourth-order valence-corrected chi connectivity index (χ4v) is 9.49. The number of fused-ring (bicyclic) bond motifs is 1. The third kappa shape index (κ3) is 13.6. The average Bonchev–Trinajstić information content (AvgIpc) is 4.08. The number of amides is 4. The second-order valence-electron chi connectivity index (χ2n) is 18.8. The van der Waals surface area contributed by atoms with E-state index in [9.17, 15) is 24.3 Å². The number of thiazole rings is 1. The highest BCUT2D eigenvalue weighted by Crippen LogP contribution is 2.31. The Labute approximate surface area is 411 Å². The average molecular weight is 983 g/mol. The van der Waals surface area contributed by atoms with Crippen LogP contribution in [0.2, 0.25) is 0 Å². The lowest BCUT2D eigenvalue weighted by Gasteiger charge is -2.35. The van der Waals surface area contributed by atoms with Crippen molar-refractivity contribution in [1.82, 2.24) is 40.3 Å². The van der Waals surface area contributed by atoms with E-state index in [0.717, 1.165) is 58.3 Å². The summed E-state index contributed by atoms with van der Waals surface area (Å²) < 4.78 is 19.2. The van der Waals surface area contributed by atoms with E-state index in [0.29, 0.717) is 38.7 Å². The molecule has 70 heavy (non-hydrogen) atoms. The Hall–Kier alpha value is -6.10. The number of anilines is 3. The summed E-state index contributed by atoms with van der Waals surface area (Å²) in [6.07, 6.45) is 5.16. The van der Waals surface area contributed by atoms with Gasteiger partial charge < -0.3 is 61.5 Å². The summed E-state index contributed by atoms with van der Waals surface area (Å²) in [7, 11) is 0. The van der Waals surface area contributed by atoms with Crippen LogP contribution >= 0.6 is 11.3 Å². The number of hydrogen-bond donors (Lipinski definition) is 7. The molecule has 3 aromatic heterocycles. The molecule has 2 aromatic carbocycles. The van der Waals surface area contributed by atoms with Crippen molar-refractivity contribution in [2.45, 2.75) is 110 Å². The number of carbonyl (C=O) groups is 4. The number of nitrogens with two attached hydrogens (primary N) is 2. The van der Waals surface area contributed by atoms with Crippen LogP contribution in [0.4, 0.5) is 17.5 Å². The van der Waals surface area contributed by atoms with Crippen LogP contribution in [0.3, 0.4) is 0 Å². The highest BCUT2D eigenvalue weighted by atomic mass is 32.1. The van der Waals surface area contributed by atoms with E-state index in [-0.39, 0.29) is 80.5 Å². The number of benzene rings is 2. The first-order valence-electron chi connectivity index (χ1n) is 23.9. The van der Waals surface area contributed by atoms with Crippen molar-refractivity contribution in [2.24, 2.45) is 16.9 Å². The zero-order chi connectivity index (χ0) is 49.8. The van der Waals surface area contributed by atoms with E-state index >= 15 is 0 Å². The molecule has 4 amide bonds. The fraction of sp³-hybridized carbons (Fsp3) is 0.510. The number of nitrogens with one attached hydrogen (secondary N) is 4. The minimum Gasteiger partial charge on any atom is -0.391 e. The highest BCUT2D eigenvalue weighted by molar-refractivity contribution is 7.13. The van der Waals surface area contributed by atoms with E-state index < -0.39 is 35.4 Å². The van der Waals surface area contributed by atoms with Crippen LogP contribution in [-0.4, -0.2) is 135 Å². The Kier molecular flexibility index (Phi) is 17.9. The van der Waals surface area contributed by atoms with Gasteiger partial charge in [0.1, 0.15) is 12.1 Å². The molecule has 4 heterocycles. The van der Waals surface area contributed by atoms with Gasteiger partial charge in [-0.3, -0.25) is 19.2 Å². The molecule has 20 nitrogen and oxygen atoms in total. The number of aliphatic hydroxyl groups is 1. The van der Waals surface area contributed by atoms with Gasteiger partial charge in [0.2, 0.25) is 23.7 Å². The van der Waals surface area contributed by atoms with Gasteiger partial charge in [0.05, 0.1) is 67.3 Å². The van der Waals surface area contributed by atoms with Gasteiger partial charge in [0, 0.05) is 61.8 Å². The van der Waals surface area contributed by atoms with E-state index in [1.807, 2.05) is 87.9 Å². The molecule has 2 unspecified atom stereocenters. The number of hydrogen-bond acceptors (Lipinski definition) is 16. The van der Waals surface area contributed by atoms with Gasteiger partial charge in [-0.15, -0.1) is 21.5 Å². The van der Waals surface area contributed by atoms with Crippen LogP contribution in [-0.2, 0) is 41.7 Å². The molecule has 0 bridgehead atoms. The van der Waals surface area contributed by atoms with Crippen LogP contribution in [0.1, 0.15) is 81.0 Å². The molecule has 1 aliphatic carbocycles. The molecule has 1 saturated heterocycles. The zero-order valence-electron chi connectivity index (χ0n) is 40.3. The standard InChI is InChI=1S/C49H66N12O8S/c1-30-42(70-29-53-30)32-14-12-31(13-15-32)27-52-46(65)39-26-33(62)28-61(39)47(66)43(49(2,3)4)56-40(63)17-20-67-22-24-69-25-23-68-21-19-60-18-16-34-36(10-7-11-38(34)60)54-45-41(44(51)64)58-59-48(57-45)55-37-9-6-5-8-35(37)50/h7,10-16,18,29,33,35,37,39,43,62H,5-6,8-9,17,19-28,50H2,1-4H3,(H2,51,64)(H,52,65)(H,56,63)(H2,54,55,57,59)/t33-,35?,37?,39+,43-/m1/s1. The lowest BCUT2D eigenvalue weighted by molar-refractivity contribution is -0.144. The minimum atomic E-state index is -0.939. The SMILES string of the molecule is Cc1ncsc1-c1ccc(CNC(=O)[C@@H]2C[C@@H](O)CN2C(=O)[C@@H](NC(=O)CCOCCOCCOCCn2ccc3c(Nc4nc(NC5CCCCC5N)nnc4C(N)=O)cccc32)C(C)(C)C)cc1. The van der Waals surface area contributed by atoms with Gasteiger partial charge in [-0.05, 0) is 54.5 Å². The van der Waals surface area contributed by atoms with Crippen LogP contribution in [0.5, 0.6) is 0 Å². The molecule has 2 aliphatic rings. The van der Waals surface area contributed by atoms with Crippen molar-refractivity contribution in [3.05, 3.63) is 77.2 Å². The molecule has 1 saturated carbocycles. The zero-order valence-corrected chi connectivity index (χ0v) is 41.1. The number of primary amides is 1. The number of nitrogens with zero attached hydrogens (tertiary/aromatic N) is 6. The summed E-state index contributed by atoms with van der Waals surface area (Å²) in [6, 6.07) is 13.8. The molecule has 5 atom stereocenters. The molecule has 0 spiro atoms. The Bertz CT molecular complexity index is 2560. The first-order chi connectivity index (χ1) is 33.7. The van der Waals surface area contributed by atoms with Crippen molar-refractivity contribution < 1.29 is 38.5 Å². The van der Waals surface area contributed by atoms with E-state index in [4.69, 9.17) is 25.7 Å². The third-order valence-corrected chi connectivity index (χ3v) is 13.5. The Morgan fingerprint density at radius 3 is 2.37 bits per heavy atom. The smallest absolute Gasteiger partial charge is 0.273 e. The maximum atomic E-state index is 14.0. The molecule has 21 heteroatoms. The molecular weight excluding hydrogens is 917 g/mol. The number of aryl methyl sites for hydroxylation is 1. The van der Waals surface area contributed by atoms with Crippen molar-refractivity contribution in [2.75, 3.05) is 56.8 Å². The van der Waals surface area contributed by atoms with E-state index in [1.165, 1.54) is 4.90 Å². The second-order valence-corrected chi connectivity index (χ2v) is 19.7. The van der Waals surface area contributed by atoms with Crippen LogP contribution in [0.15, 0.2) is 60.2 Å². The number of rotatable bonds is 23. The second kappa shape index (κ2) is 24.1. The summed E-state index contributed by atoms with van der Waals surface area (Å²) in [5, 5.41) is 31.9. The fourth-order valence-electron chi connectivity index (χ4n) is 8.68. The summed E-state index contributed by atoms with van der Waals surface area (Å²) in [5.74, 6) is -1.45. The first kappa shape index (κ1) is 51.7. The summed E-state index contributed by atoms with van der Waals surface area (Å²) in [6.45, 7) is 10.2. The lowest BCUT2D eigenvalue weighted by Crippen LogP contribution is -2.57. The number of β-amino-alcohol motifs (C(OH)–C–C–N with tert-alkyl or cyclic N) is 1. The quantitative estimate of drug-likeness (QED) is 0.0455. The third-order valence-electron chi connectivity index (χ3n) is 12.5. The largest absolute Gasteiger partial charge is 0.391 e. The molecule has 7 rings (SSSR count). The summed E-state index contributed by atoms with van der Waals surface area (Å²) in [5.41, 5.74) is 17.6. The van der Waals surface area contributed by atoms with E-state index in [1.54, 1.807) is 11.3 Å². The Balaban J connectivity index is 0.788. The van der Waals surface area contributed by atoms with Crippen molar-refractivity contribution >= 4 is 63.3 Å². The van der Waals surface area contributed by atoms with Crippen molar-refractivity contribution in [3.63, 3.8) is 0 Å². The maximum absolute atomic E-state index is 14.0. The van der Waals surface area contributed by atoms with Crippen LogP contribution in [0, 0.1) is 12.3 Å². The van der Waals surface area contributed by atoms with Crippen molar-refractivity contribution in [3.8, 4) is 10.4 Å². The lowest BCUT2D eigenvalue weighted by atomic mass is 9.85. The summed E-state index contributed by atoms with van der Waals surface area (Å²) in [4.78, 5) is 64.1. The molecule has 0 radical (unpaired) electrons. The number of likely N-dealkylation sites (tertiary alicyclic amines) is 1. The maximum Gasteiger partial charge on any atom is 0.273 e. The topological polar surface area (TPSA) is 276 Å². The highest BCUT2D eigenvalue weighted by Gasteiger charge is 2.44. The monoisotopic (exact) mass is 982 g/mol. The Morgan fingerprint density at radius 2 is 1.67 bits per heavy atom. The molecule has 2 fully saturated rings. The van der Waals surface area contributed by atoms with Crippen LogP contribution in [0.25, 0.3) is 21.3 Å². The van der Waals surface area contributed by atoms with Gasteiger partial charge in [0.15, 0.2) is 11.5 Å². The number of ether oxygens (including phenoxy) is 3.